The van der Waals surface area contributed by atoms with E-state index in [9.17, 15) is 10.1 Å². The molecule has 1 amide bonds. The normalized spacial score (nSPS) is 23.0. The van der Waals surface area contributed by atoms with Crippen LogP contribution in [0.4, 0.5) is 0 Å². The lowest BCUT2D eigenvalue weighted by molar-refractivity contribution is -0.134. The van der Waals surface area contributed by atoms with Crippen LogP contribution in [0, 0.1) is 11.3 Å². The summed E-state index contributed by atoms with van der Waals surface area (Å²) in [7, 11) is 0. The number of para-hydroxylation sites is 1. The second-order valence-electron chi connectivity index (χ2n) is 5.54. The van der Waals surface area contributed by atoms with Gasteiger partial charge in [-0.3, -0.25) is 4.79 Å². The molecule has 3 rings (SSSR count). The van der Waals surface area contributed by atoms with Gasteiger partial charge in [0.1, 0.15) is 23.0 Å². The molecular weight excluding hydrogens is 284 g/mol. The van der Waals surface area contributed by atoms with E-state index in [0.29, 0.717) is 19.7 Å². The molecule has 2 aliphatic heterocycles. The molecule has 0 saturated carbocycles. The largest absolute Gasteiger partial charge is 0.492 e. The van der Waals surface area contributed by atoms with Gasteiger partial charge in [0.15, 0.2) is 0 Å². The number of hydrogen-bond donors (Lipinski definition) is 0. The minimum Gasteiger partial charge on any atom is -0.492 e. The molecule has 0 aliphatic carbocycles. The van der Waals surface area contributed by atoms with E-state index in [1.165, 1.54) is 0 Å². The Morgan fingerprint density at radius 3 is 2.81 bits per heavy atom. The van der Waals surface area contributed by atoms with Crippen LogP contribution in [0.3, 0.4) is 0 Å². The second kappa shape index (κ2) is 5.61. The Morgan fingerprint density at radius 2 is 2.14 bits per heavy atom. The molecule has 0 aromatic heterocycles. The molecule has 0 radical (unpaired) electrons. The standard InChI is InChI=1S/C16H18N2O2S/c1-21-16(11-17)6-8-18(9-7-16)15(19)13-10-20-14-5-3-2-4-12(13)14/h2-5,13H,6-10H2,1H3. The van der Waals surface area contributed by atoms with E-state index in [0.717, 1.165) is 24.2 Å². The summed E-state index contributed by atoms with van der Waals surface area (Å²) in [6, 6.07) is 10.2. The number of fused-ring (bicyclic) bond motifs is 1. The Kier molecular flexibility index (Phi) is 3.81. The SMILES string of the molecule is CSC1(C#N)CCN(C(=O)C2COc3ccccc32)CC1. The molecule has 110 valence electrons. The highest BCUT2D eigenvalue weighted by atomic mass is 32.2. The summed E-state index contributed by atoms with van der Waals surface area (Å²) in [5.41, 5.74) is 0.990. The molecule has 2 aliphatic rings. The number of likely N-dealkylation sites (tertiary alicyclic amines) is 1. The number of ether oxygens (including phenoxy) is 1. The maximum absolute atomic E-state index is 12.7. The van der Waals surface area contributed by atoms with E-state index >= 15 is 0 Å². The van der Waals surface area contributed by atoms with Crippen molar-refractivity contribution >= 4 is 17.7 Å². The maximum Gasteiger partial charge on any atom is 0.233 e. The smallest absolute Gasteiger partial charge is 0.233 e. The van der Waals surface area contributed by atoms with Gasteiger partial charge in [-0.2, -0.15) is 5.26 Å². The summed E-state index contributed by atoms with van der Waals surface area (Å²) >= 11 is 1.60. The summed E-state index contributed by atoms with van der Waals surface area (Å²) in [5, 5.41) is 9.31. The first kappa shape index (κ1) is 14.3. The number of amides is 1. The zero-order valence-corrected chi connectivity index (χ0v) is 12.9. The number of nitrogens with zero attached hydrogens (tertiary/aromatic N) is 2. The number of carbonyl (C=O) groups is 1. The number of carbonyl (C=O) groups excluding carboxylic acids is 1. The number of benzene rings is 1. The topological polar surface area (TPSA) is 53.3 Å². The van der Waals surface area contributed by atoms with Crippen LogP contribution >= 0.6 is 11.8 Å². The lowest BCUT2D eigenvalue weighted by atomic mass is 9.94. The van der Waals surface area contributed by atoms with Crippen LogP contribution in [-0.2, 0) is 4.79 Å². The van der Waals surface area contributed by atoms with Gasteiger partial charge in [0.2, 0.25) is 5.91 Å². The molecule has 1 unspecified atom stereocenters. The van der Waals surface area contributed by atoms with Crippen LogP contribution in [0.1, 0.15) is 24.3 Å². The fraction of sp³-hybridized carbons (Fsp3) is 0.500. The summed E-state index contributed by atoms with van der Waals surface area (Å²) in [6.45, 7) is 1.75. The molecular formula is C16H18N2O2S. The van der Waals surface area contributed by atoms with Crippen LogP contribution in [0.2, 0.25) is 0 Å². The molecule has 2 heterocycles. The van der Waals surface area contributed by atoms with E-state index < -0.39 is 0 Å². The van der Waals surface area contributed by atoms with Crippen molar-refractivity contribution in [3.63, 3.8) is 0 Å². The fourth-order valence-corrected chi connectivity index (χ4v) is 3.72. The minimum absolute atomic E-state index is 0.132. The highest BCUT2D eigenvalue weighted by Crippen LogP contribution is 2.37. The second-order valence-corrected chi connectivity index (χ2v) is 6.73. The fourth-order valence-electron chi connectivity index (χ4n) is 3.04. The third-order valence-corrected chi connectivity index (χ3v) is 5.76. The van der Waals surface area contributed by atoms with Gasteiger partial charge < -0.3 is 9.64 Å². The molecule has 1 aromatic carbocycles. The molecule has 0 spiro atoms. The van der Waals surface area contributed by atoms with Crippen LogP contribution < -0.4 is 4.74 Å². The van der Waals surface area contributed by atoms with Crippen molar-refractivity contribution in [2.75, 3.05) is 26.0 Å². The number of piperidine rings is 1. The van der Waals surface area contributed by atoms with Gasteiger partial charge in [-0.1, -0.05) is 18.2 Å². The molecule has 1 aromatic rings. The van der Waals surface area contributed by atoms with Gasteiger partial charge in [0.25, 0.3) is 0 Å². The van der Waals surface area contributed by atoms with Crippen LogP contribution in [-0.4, -0.2) is 41.5 Å². The van der Waals surface area contributed by atoms with Crippen molar-refractivity contribution in [3.05, 3.63) is 29.8 Å². The lowest BCUT2D eigenvalue weighted by Crippen LogP contribution is -2.46. The Bertz CT molecular complexity index is 588. The van der Waals surface area contributed by atoms with Crippen molar-refractivity contribution in [2.45, 2.75) is 23.5 Å². The Labute approximate surface area is 129 Å². The van der Waals surface area contributed by atoms with Crippen LogP contribution in [0.5, 0.6) is 5.75 Å². The van der Waals surface area contributed by atoms with Crippen molar-refractivity contribution in [3.8, 4) is 11.8 Å². The van der Waals surface area contributed by atoms with Gasteiger partial charge >= 0.3 is 0 Å². The number of hydrogen-bond acceptors (Lipinski definition) is 4. The third kappa shape index (κ3) is 2.49. The summed E-state index contributed by atoms with van der Waals surface area (Å²) < 4.78 is 5.28. The molecule has 21 heavy (non-hydrogen) atoms. The molecule has 1 saturated heterocycles. The monoisotopic (exact) mass is 302 g/mol. The Balaban J connectivity index is 1.70. The van der Waals surface area contributed by atoms with Gasteiger partial charge in [0.05, 0.1) is 6.07 Å². The van der Waals surface area contributed by atoms with E-state index in [1.54, 1.807) is 11.8 Å². The van der Waals surface area contributed by atoms with Crippen molar-refractivity contribution < 1.29 is 9.53 Å². The first-order valence-electron chi connectivity index (χ1n) is 7.16. The van der Waals surface area contributed by atoms with E-state index in [1.807, 2.05) is 35.4 Å². The van der Waals surface area contributed by atoms with Crippen LogP contribution in [0.15, 0.2) is 24.3 Å². The number of thioether (sulfide) groups is 1. The highest BCUT2D eigenvalue weighted by molar-refractivity contribution is 8.00. The quantitative estimate of drug-likeness (QED) is 0.842. The average molecular weight is 302 g/mol. The Morgan fingerprint density at radius 1 is 1.43 bits per heavy atom. The zero-order valence-electron chi connectivity index (χ0n) is 12.0. The van der Waals surface area contributed by atoms with E-state index in [4.69, 9.17) is 4.74 Å². The zero-order chi connectivity index (χ0) is 14.9. The first-order chi connectivity index (χ1) is 10.2. The minimum atomic E-state index is -0.319. The van der Waals surface area contributed by atoms with Crippen LogP contribution in [0.25, 0.3) is 0 Å². The molecule has 4 nitrogen and oxygen atoms in total. The Hall–Kier alpha value is -1.67. The molecule has 0 bridgehead atoms. The van der Waals surface area contributed by atoms with Crippen molar-refractivity contribution in [1.29, 1.82) is 5.26 Å². The predicted molar refractivity (Wildman–Crippen MR) is 82.4 cm³/mol. The molecule has 1 fully saturated rings. The summed E-state index contributed by atoms with van der Waals surface area (Å²) in [5.74, 6) is 0.765. The van der Waals surface area contributed by atoms with Gasteiger partial charge in [-0.25, -0.2) is 0 Å². The highest BCUT2D eigenvalue weighted by Gasteiger charge is 2.39. The lowest BCUT2D eigenvalue weighted by Gasteiger charge is -2.37. The summed E-state index contributed by atoms with van der Waals surface area (Å²) in [6.07, 6.45) is 3.46. The van der Waals surface area contributed by atoms with Gasteiger partial charge in [-0.15, -0.1) is 11.8 Å². The average Bonchev–Trinajstić information content (AvgIpc) is 2.98. The number of nitriles is 1. The van der Waals surface area contributed by atoms with Gasteiger partial charge in [-0.05, 0) is 25.2 Å². The van der Waals surface area contributed by atoms with E-state index in [2.05, 4.69) is 6.07 Å². The summed E-state index contributed by atoms with van der Waals surface area (Å²) in [4.78, 5) is 14.6. The third-order valence-electron chi connectivity index (χ3n) is 4.48. The molecule has 5 heteroatoms. The first-order valence-corrected chi connectivity index (χ1v) is 8.38. The van der Waals surface area contributed by atoms with Crippen molar-refractivity contribution in [2.24, 2.45) is 0 Å². The molecule has 1 atom stereocenters. The molecule has 0 N–H and O–H groups in total. The number of rotatable bonds is 2. The predicted octanol–water partition coefficient (Wildman–Crippen LogP) is 2.41. The van der Waals surface area contributed by atoms with E-state index in [-0.39, 0.29) is 16.6 Å². The maximum atomic E-state index is 12.7. The van der Waals surface area contributed by atoms with Crippen molar-refractivity contribution in [1.82, 2.24) is 4.90 Å². The van der Waals surface area contributed by atoms with Gasteiger partial charge in [0, 0.05) is 18.7 Å².